The van der Waals surface area contributed by atoms with Gasteiger partial charge in [0, 0.05) is 23.1 Å². The third kappa shape index (κ3) is 3.27. The van der Waals surface area contributed by atoms with E-state index in [0.29, 0.717) is 29.6 Å². The Morgan fingerprint density at radius 2 is 1.77 bits per heavy atom. The first-order valence-electron chi connectivity index (χ1n) is 7.01. The maximum atomic E-state index is 11.6. The van der Waals surface area contributed by atoms with E-state index in [-0.39, 0.29) is 0 Å². The standard InChI is InChI=1S/C17H15Cl2NO2/c18-14-4-1-11(2-5-14)9-20-10-13-7-15(19)6-3-12(13)8-16(20)17(21)22/h1-7,16H,8-10H2,(H,21,22). The second kappa shape index (κ2) is 6.29. The molecule has 22 heavy (non-hydrogen) atoms. The molecule has 3 nitrogen and oxygen atoms in total. The van der Waals surface area contributed by atoms with Crippen molar-refractivity contribution in [2.24, 2.45) is 0 Å². The molecule has 1 unspecified atom stereocenters. The molecule has 1 heterocycles. The number of hydrogen-bond acceptors (Lipinski definition) is 2. The van der Waals surface area contributed by atoms with Crippen LogP contribution in [-0.2, 0) is 24.3 Å². The molecule has 0 amide bonds. The Labute approximate surface area is 139 Å². The summed E-state index contributed by atoms with van der Waals surface area (Å²) >= 11 is 11.9. The van der Waals surface area contributed by atoms with Gasteiger partial charge in [-0.2, -0.15) is 0 Å². The number of fused-ring (bicyclic) bond motifs is 1. The molecule has 0 spiro atoms. The van der Waals surface area contributed by atoms with Crippen LogP contribution in [0.25, 0.3) is 0 Å². The zero-order valence-corrected chi connectivity index (χ0v) is 13.3. The van der Waals surface area contributed by atoms with Crippen molar-refractivity contribution >= 4 is 29.2 Å². The number of carboxylic acid groups (broad SMARTS) is 1. The zero-order valence-electron chi connectivity index (χ0n) is 11.8. The molecule has 0 saturated heterocycles. The fourth-order valence-corrected chi connectivity index (χ4v) is 3.16. The van der Waals surface area contributed by atoms with Gasteiger partial charge in [-0.25, -0.2) is 0 Å². The molecule has 1 atom stereocenters. The van der Waals surface area contributed by atoms with Crippen molar-refractivity contribution in [1.82, 2.24) is 4.90 Å². The van der Waals surface area contributed by atoms with E-state index in [0.717, 1.165) is 16.7 Å². The summed E-state index contributed by atoms with van der Waals surface area (Å²) in [4.78, 5) is 13.6. The molecule has 1 aliphatic heterocycles. The highest BCUT2D eigenvalue weighted by molar-refractivity contribution is 6.30. The first-order chi connectivity index (χ1) is 10.5. The highest BCUT2D eigenvalue weighted by Crippen LogP contribution is 2.27. The van der Waals surface area contributed by atoms with Gasteiger partial charge in [-0.3, -0.25) is 9.69 Å². The van der Waals surface area contributed by atoms with Crippen LogP contribution in [0, 0.1) is 0 Å². The van der Waals surface area contributed by atoms with Gasteiger partial charge in [-0.1, -0.05) is 41.4 Å². The number of hydrogen-bond donors (Lipinski definition) is 1. The van der Waals surface area contributed by atoms with E-state index in [9.17, 15) is 9.90 Å². The lowest BCUT2D eigenvalue weighted by Crippen LogP contribution is -2.45. The van der Waals surface area contributed by atoms with Crippen molar-refractivity contribution in [3.8, 4) is 0 Å². The minimum Gasteiger partial charge on any atom is -0.480 e. The average molecular weight is 336 g/mol. The molecule has 1 aliphatic rings. The number of aliphatic carboxylic acids is 1. The van der Waals surface area contributed by atoms with Gasteiger partial charge in [-0.15, -0.1) is 0 Å². The largest absolute Gasteiger partial charge is 0.480 e. The predicted octanol–water partition coefficient (Wildman–Crippen LogP) is 4.00. The Kier molecular flexibility index (Phi) is 4.39. The van der Waals surface area contributed by atoms with Gasteiger partial charge in [0.1, 0.15) is 6.04 Å². The summed E-state index contributed by atoms with van der Waals surface area (Å²) in [5.74, 6) is -0.797. The summed E-state index contributed by atoms with van der Waals surface area (Å²) in [5, 5.41) is 10.9. The molecule has 114 valence electrons. The molecule has 0 aromatic heterocycles. The van der Waals surface area contributed by atoms with Crippen LogP contribution < -0.4 is 0 Å². The number of benzene rings is 2. The average Bonchev–Trinajstić information content (AvgIpc) is 2.48. The third-order valence-electron chi connectivity index (χ3n) is 3.98. The summed E-state index contributed by atoms with van der Waals surface area (Å²) in [6.07, 6.45) is 0.495. The quantitative estimate of drug-likeness (QED) is 0.921. The van der Waals surface area contributed by atoms with Crippen LogP contribution in [0.1, 0.15) is 16.7 Å². The van der Waals surface area contributed by atoms with E-state index < -0.39 is 12.0 Å². The molecule has 0 fully saturated rings. The highest BCUT2D eigenvalue weighted by atomic mass is 35.5. The van der Waals surface area contributed by atoms with Gasteiger partial charge < -0.3 is 5.11 Å². The molecule has 1 N–H and O–H groups in total. The van der Waals surface area contributed by atoms with Crippen LogP contribution in [0.15, 0.2) is 42.5 Å². The Morgan fingerprint density at radius 1 is 1.09 bits per heavy atom. The van der Waals surface area contributed by atoms with Gasteiger partial charge in [0.25, 0.3) is 0 Å². The molecule has 3 rings (SSSR count). The van der Waals surface area contributed by atoms with E-state index in [1.54, 1.807) is 0 Å². The van der Waals surface area contributed by atoms with Gasteiger partial charge in [0.15, 0.2) is 0 Å². The highest BCUT2D eigenvalue weighted by Gasteiger charge is 2.31. The van der Waals surface area contributed by atoms with Crippen LogP contribution in [0.2, 0.25) is 10.0 Å². The Bertz CT molecular complexity index is 700. The normalized spacial score (nSPS) is 18.0. The molecular weight excluding hydrogens is 321 g/mol. The van der Waals surface area contributed by atoms with E-state index in [4.69, 9.17) is 23.2 Å². The Morgan fingerprint density at radius 3 is 2.45 bits per heavy atom. The van der Waals surface area contributed by atoms with E-state index in [2.05, 4.69) is 0 Å². The number of rotatable bonds is 3. The van der Waals surface area contributed by atoms with Crippen LogP contribution in [0.5, 0.6) is 0 Å². The minimum atomic E-state index is -0.797. The SMILES string of the molecule is O=C(O)C1Cc2ccc(Cl)cc2CN1Cc1ccc(Cl)cc1. The summed E-state index contributed by atoms with van der Waals surface area (Å²) in [7, 11) is 0. The van der Waals surface area contributed by atoms with Crippen molar-refractivity contribution in [2.75, 3.05) is 0 Å². The topological polar surface area (TPSA) is 40.5 Å². The van der Waals surface area contributed by atoms with Crippen LogP contribution in [0.3, 0.4) is 0 Å². The second-order valence-corrected chi connectivity index (χ2v) is 6.38. The molecule has 0 aliphatic carbocycles. The lowest BCUT2D eigenvalue weighted by Gasteiger charge is -2.34. The lowest BCUT2D eigenvalue weighted by molar-refractivity contribution is -0.144. The summed E-state index contributed by atoms with van der Waals surface area (Å²) in [5.41, 5.74) is 3.20. The number of nitrogens with zero attached hydrogens (tertiary/aromatic N) is 1. The monoisotopic (exact) mass is 335 g/mol. The molecule has 5 heteroatoms. The van der Waals surface area contributed by atoms with Crippen LogP contribution in [0.4, 0.5) is 0 Å². The maximum Gasteiger partial charge on any atom is 0.321 e. The third-order valence-corrected chi connectivity index (χ3v) is 4.47. The molecule has 0 radical (unpaired) electrons. The van der Waals surface area contributed by atoms with Gasteiger partial charge in [-0.05, 0) is 47.4 Å². The summed E-state index contributed by atoms with van der Waals surface area (Å²) < 4.78 is 0. The van der Waals surface area contributed by atoms with Gasteiger partial charge in [0.2, 0.25) is 0 Å². The first-order valence-corrected chi connectivity index (χ1v) is 7.77. The number of carbonyl (C=O) groups is 1. The van der Waals surface area contributed by atoms with Gasteiger partial charge >= 0.3 is 5.97 Å². The maximum absolute atomic E-state index is 11.6. The number of halogens is 2. The fraction of sp³-hybridized carbons (Fsp3) is 0.235. The van der Waals surface area contributed by atoms with Crippen molar-refractivity contribution in [2.45, 2.75) is 25.6 Å². The molecule has 2 aromatic rings. The van der Waals surface area contributed by atoms with E-state index in [1.165, 1.54) is 0 Å². The molecular formula is C17H15Cl2NO2. The van der Waals surface area contributed by atoms with Crippen molar-refractivity contribution < 1.29 is 9.90 Å². The van der Waals surface area contributed by atoms with Crippen molar-refractivity contribution in [3.63, 3.8) is 0 Å². The first kappa shape index (κ1) is 15.3. The molecule has 0 saturated carbocycles. The molecule has 2 aromatic carbocycles. The fourth-order valence-electron chi connectivity index (χ4n) is 2.84. The lowest BCUT2D eigenvalue weighted by atomic mass is 9.93. The summed E-state index contributed by atoms with van der Waals surface area (Å²) in [6, 6.07) is 12.6. The minimum absolute atomic E-state index is 0.495. The second-order valence-electron chi connectivity index (χ2n) is 5.50. The predicted molar refractivity (Wildman–Crippen MR) is 87.3 cm³/mol. The Balaban J connectivity index is 1.87. The van der Waals surface area contributed by atoms with Crippen LogP contribution >= 0.6 is 23.2 Å². The number of carboxylic acids is 1. The van der Waals surface area contributed by atoms with E-state index >= 15 is 0 Å². The van der Waals surface area contributed by atoms with Crippen molar-refractivity contribution in [3.05, 3.63) is 69.2 Å². The zero-order chi connectivity index (χ0) is 15.7. The van der Waals surface area contributed by atoms with Gasteiger partial charge in [0.05, 0.1) is 0 Å². The van der Waals surface area contributed by atoms with Crippen molar-refractivity contribution in [1.29, 1.82) is 0 Å². The van der Waals surface area contributed by atoms with Crippen LogP contribution in [-0.4, -0.2) is 22.0 Å². The molecule has 0 bridgehead atoms. The summed E-state index contributed by atoms with van der Waals surface area (Å²) in [6.45, 7) is 1.15. The smallest absolute Gasteiger partial charge is 0.321 e. The van der Waals surface area contributed by atoms with E-state index in [1.807, 2.05) is 47.4 Å². The Hall–Kier alpha value is -1.55.